The minimum Gasteiger partial charge on any atom is -0.294 e. The van der Waals surface area contributed by atoms with Crippen LogP contribution in [0.2, 0.25) is 0 Å². The molecule has 1 N–H and O–H groups in total. The molecule has 20 heavy (non-hydrogen) atoms. The van der Waals surface area contributed by atoms with Crippen LogP contribution >= 0.6 is 0 Å². The second-order valence-corrected chi connectivity index (χ2v) is 4.64. The lowest BCUT2D eigenvalue weighted by Gasteiger charge is -2.32. The Kier molecular flexibility index (Phi) is 4.24. The van der Waals surface area contributed by atoms with Gasteiger partial charge in [0.05, 0.1) is 24.7 Å². The standard InChI is InChI=1S/C14H15FN2O3/c1-2-11-14(20)16-13(19)8-17(11)7-12(18)9-5-3-4-6-10(9)15/h3-6,11H,2,7-8H2,1H3,(H,16,19,20). The number of hydrogen-bond donors (Lipinski definition) is 1. The van der Waals surface area contributed by atoms with Gasteiger partial charge in [-0.15, -0.1) is 0 Å². The summed E-state index contributed by atoms with van der Waals surface area (Å²) in [7, 11) is 0. The van der Waals surface area contributed by atoms with Crippen molar-refractivity contribution in [3.8, 4) is 0 Å². The molecule has 1 aliphatic heterocycles. The van der Waals surface area contributed by atoms with Crippen LogP contribution in [0.5, 0.6) is 0 Å². The second kappa shape index (κ2) is 5.92. The Hall–Kier alpha value is -2.08. The van der Waals surface area contributed by atoms with E-state index in [9.17, 15) is 18.8 Å². The van der Waals surface area contributed by atoms with Gasteiger partial charge in [-0.05, 0) is 18.6 Å². The number of halogens is 1. The van der Waals surface area contributed by atoms with E-state index in [1.54, 1.807) is 13.0 Å². The summed E-state index contributed by atoms with van der Waals surface area (Å²) in [5.41, 5.74) is -0.0271. The quantitative estimate of drug-likeness (QED) is 0.652. The molecule has 1 heterocycles. The van der Waals surface area contributed by atoms with Gasteiger partial charge in [0.25, 0.3) is 0 Å². The third kappa shape index (κ3) is 2.91. The Balaban J connectivity index is 2.15. The van der Waals surface area contributed by atoms with Gasteiger partial charge in [-0.1, -0.05) is 19.1 Å². The molecule has 0 radical (unpaired) electrons. The first-order chi connectivity index (χ1) is 9.52. The van der Waals surface area contributed by atoms with Gasteiger partial charge >= 0.3 is 0 Å². The van der Waals surface area contributed by atoms with Crippen molar-refractivity contribution >= 4 is 17.6 Å². The highest BCUT2D eigenvalue weighted by Gasteiger charge is 2.33. The zero-order chi connectivity index (χ0) is 14.7. The average molecular weight is 278 g/mol. The number of rotatable bonds is 4. The van der Waals surface area contributed by atoms with Crippen LogP contribution in [0.1, 0.15) is 23.7 Å². The van der Waals surface area contributed by atoms with Crippen LogP contribution < -0.4 is 5.32 Å². The molecule has 1 aromatic carbocycles. The molecule has 1 aromatic rings. The Morgan fingerprint density at radius 2 is 2.10 bits per heavy atom. The number of nitrogens with zero attached hydrogens (tertiary/aromatic N) is 1. The van der Waals surface area contributed by atoms with E-state index in [-0.39, 0.29) is 18.7 Å². The number of hydrogen-bond acceptors (Lipinski definition) is 4. The van der Waals surface area contributed by atoms with Crippen LogP contribution in [0, 0.1) is 5.82 Å². The first-order valence-corrected chi connectivity index (χ1v) is 6.38. The van der Waals surface area contributed by atoms with Crippen molar-refractivity contribution in [2.45, 2.75) is 19.4 Å². The highest BCUT2D eigenvalue weighted by Crippen LogP contribution is 2.13. The van der Waals surface area contributed by atoms with E-state index < -0.39 is 29.5 Å². The molecular weight excluding hydrogens is 263 g/mol. The topological polar surface area (TPSA) is 66.5 Å². The van der Waals surface area contributed by atoms with E-state index in [1.807, 2.05) is 0 Å². The first-order valence-electron chi connectivity index (χ1n) is 6.38. The van der Waals surface area contributed by atoms with Crippen molar-refractivity contribution in [1.29, 1.82) is 0 Å². The number of ketones is 1. The Labute approximate surface area is 115 Å². The van der Waals surface area contributed by atoms with Crippen LogP contribution in [0.4, 0.5) is 4.39 Å². The third-order valence-electron chi connectivity index (χ3n) is 3.26. The smallest absolute Gasteiger partial charge is 0.243 e. The number of nitrogens with one attached hydrogen (secondary N) is 1. The maximum Gasteiger partial charge on any atom is 0.243 e. The van der Waals surface area contributed by atoms with E-state index in [2.05, 4.69) is 5.32 Å². The summed E-state index contributed by atoms with van der Waals surface area (Å²) < 4.78 is 13.5. The molecule has 106 valence electrons. The molecule has 0 aliphatic carbocycles. The van der Waals surface area contributed by atoms with Crippen LogP contribution in [0.25, 0.3) is 0 Å². The summed E-state index contributed by atoms with van der Waals surface area (Å²) in [6.45, 7) is 1.60. The molecule has 1 atom stereocenters. The van der Waals surface area contributed by atoms with Crippen molar-refractivity contribution in [2.75, 3.05) is 13.1 Å². The lowest BCUT2D eigenvalue weighted by Crippen LogP contribution is -2.58. The monoisotopic (exact) mass is 278 g/mol. The Morgan fingerprint density at radius 1 is 1.40 bits per heavy atom. The molecule has 0 bridgehead atoms. The van der Waals surface area contributed by atoms with Crippen LogP contribution in [-0.4, -0.2) is 41.6 Å². The summed E-state index contributed by atoms with van der Waals surface area (Å²) in [4.78, 5) is 36.6. The molecule has 5 nitrogen and oxygen atoms in total. The normalized spacial score (nSPS) is 19.8. The van der Waals surface area contributed by atoms with Crippen molar-refractivity contribution in [2.24, 2.45) is 0 Å². The molecular formula is C14H15FN2O3. The van der Waals surface area contributed by atoms with Gasteiger partial charge in [-0.2, -0.15) is 0 Å². The van der Waals surface area contributed by atoms with E-state index in [0.717, 1.165) is 0 Å². The summed E-state index contributed by atoms with van der Waals surface area (Å²) in [5.74, 6) is -1.89. The molecule has 1 fully saturated rings. The molecule has 1 unspecified atom stereocenters. The average Bonchev–Trinajstić information content (AvgIpc) is 2.38. The zero-order valence-corrected chi connectivity index (χ0v) is 11.1. The van der Waals surface area contributed by atoms with Crippen molar-refractivity contribution in [3.63, 3.8) is 0 Å². The van der Waals surface area contributed by atoms with Crippen molar-refractivity contribution in [3.05, 3.63) is 35.6 Å². The molecule has 2 amide bonds. The first kappa shape index (κ1) is 14.3. The van der Waals surface area contributed by atoms with E-state index >= 15 is 0 Å². The molecule has 0 spiro atoms. The predicted octanol–water partition coefficient (Wildman–Crippen LogP) is 0.745. The summed E-state index contributed by atoms with van der Waals surface area (Å²) in [5, 5.41) is 2.23. The fourth-order valence-corrected chi connectivity index (χ4v) is 2.29. The fourth-order valence-electron chi connectivity index (χ4n) is 2.29. The third-order valence-corrected chi connectivity index (χ3v) is 3.26. The fraction of sp³-hybridized carbons (Fsp3) is 0.357. The molecule has 1 aliphatic rings. The number of Topliss-reactive ketones (excluding diaryl/α,β-unsaturated/α-hetero) is 1. The van der Waals surface area contributed by atoms with Crippen molar-refractivity contribution < 1.29 is 18.8 Å². The highest BCUT2D eigenvalue weighted by molar-refractivity contribution is 6.03. The van der Waals surface area contributed by atoms with Crippen molar-refractivity contribution in [1.82, 2.24) is 10.2 Å². The molecule has 1 saturated heterocycles. The Morgan fingerprint density at radius 3 is 2.75 bits per heavy atom. The largest absolute Gasteiger partial charge is 0.294 e. The number of piperazine rings is 1. The van der Waals surface area contributed by atoms with Gasteiger partial charge in [-0.25, -0.2) is 4.39 Å². The van der Waals surface area contributed by atoms with Gasteiger partial charge in [-0.3, -0.25) is 24.6 Å². The second-order valence-electron chi connectivity index (χ2n) is 4.64. The van der Waals surface area contributed by atoms with E-state index in [0.29, 0.717) is 6.42 Å². The predicted molar refractivity (Wildman–Crippen MR) is 69.5 cm³/mol. The molecule has 2 rings (SSSR count). The van der Waals surface area contributed by atoms with Gasteiger partial charge in [0.15, 0.2) is 5.78 Å². The maximum absolute atomic E-state index is 13.5. The van der Waals surface area contributed by atoms with Crippen LogP contribution in [0.15, 0.2) is 24.3 Å². The summed E-state index contributed by atoms with van der Waals surface area (Å²) >= 11 is 0. The molecule has 6 heteroatoms. The van der Waals surface area contributed by atoms with E-state index in [1.165, 1.54) is 23.1 Å². The molecule has 0 aromatic heterocycles. The van der Waals surface area contributed by atoms with Gasteiger partial charge in [0, 0.05) is 0 Å². The SMILES string of the molecule is CCC1C(=O)NC(=O)CN1CC(=O)c1ccccc1F. The summed E-state index contributed by atoms with van der Waals surface area (Å²) in [6.07, 6.45) is 0.476. The Bertz CT molecular complexity index is 559. The lowest BCUT2D eigenvalue weighted by atomic mass is 10.1. The minimum atomic E-state index is -0.599. The highest BCUT2D eigenvalue weighted by atomic mass is 19.1. The number of carbonyl (C=O) groups excluding carboxylic acids is 3. The van der Waals surface area contributed by atoms with Crippen LogP contribution in [-0.2, 0) is 9.59 Å². The molecule has 0 saturated carbocycles. The van der Waals surface area contributed by atoms with E-state index in [4.69, 9.17) is 0 Å². The van der Waals surface area contributed by atoms with Gasteiger partial charge in [0.1, 0.15) is 5.82 Å². The number of imide groups is 1. The van der Waals surface area contributed by atoms with Crippen LogP contribution in [0.3, 0.4) is 0 Å². The van der Waals surface area contributed by atoms with Gasteiger partial charge < -0.3 is 0 Å². The number of carbonyl (C=O) groups is 3. The minimum absolute atomic E-state index is 0.0271. The lowest BCUT2D eigenvalue weighted by molar-refractivity contribution is -0.139. The number of benzene rings is 1. The zero-order valence-electron chi connectivity index (χ0n) is 11.1. The summed E-state index contributed by atoms with van der Waals surface area (Å²) in [6, 6.07) is 5.13. The van der Waals surface area contributed by atoms with Gasteiger partial charge in [0.2, 0.25) is 11.8 Å². The maximum atomic E-state index is 13.5. The number of amides is 2.